The van der Waals surface area contributed by atoms with Crippen molar-refractivity contribution >= 4 is 23.2 Å². The van der Waals surface area contributed by atoms with Gasteiger partial charge in [0.2, 0.25) is 11.8 Å². The second-order valence-corrected chi connectivity index (χ2v) is 5.74. The largest absolute Gasteiger partial charge is 0.416 e. The fraction of sp³-hybridized carbons (Fsp3) is 0.222. The van der Waals surface area contributed by atoms with Gasteiger partial charge in [0.1, 0.15) is 6.54 Å². The molecule has 2 amide bonds. The maximum absolute atomic E-state index is 12.8. The Morgan fingerprint density at radius 1 is 1.12 bits per heavy atom. The van der Waals surface area contributed by atoms with Crippen LogP contribution >= 0.6 is 0 Å². The fourth-order valence-corrected chi connectivity index (χ4v) is 2.72. The molecule has 0 bridgehead atoms. The molecule has 1 heterocycles. The van der Waals surface area contributed by atoms with Crippen molar-refractivity contribution in [1.29, 1.82) is 0 Å². The molecular weight excluding hydrogens is 333 g/mol. The van der Waals surface area contributed by atoms with E-state index >= 15 is 0 Å². The molecule has 4 nitrogen and oxygen atoms in total. The van der Waals surface area contributed by atoms with Crippen molar-refractivity contribution in [2.45, 2.75) is 19.0 Å². The Balaban J connectivity index is 1.81. The van der Waals surface area contributed by atoms with Crippen LogP contribution in [0.1, 0.15) is 17.5 Å². The Hall–Kier alpha value is -2.83. The predicted molar refractivity (Wildman–Crippen MR) is 87.2 cm³/mol. The number of hydrogen-bond donors (Lipinski definition) is 1. The van der Waals surface area contributed by atoms with E-state index in [0.717, 1.165) is 17.7 Å². The molecule has 0 unspecified atom stereocenters. The molecule has 0 aromatic heterocycles. The van der Waals surface area contributed by atoms with E-state index in [9.17, 15) is 22.8 Å². The number of benzene rings is 2. The number of carbonyl (C=O) groups is 2. The number of halogens is 3. The minimum atomic E-state index is -4.51. The summed E-state index contributed by atoms with van der Waals surface area (Å²) in [6.45, 7) is -0.202. The Kier molecular flexibility index (Phi) is 4.48. The number of carbonyl (C=O) groups excluding carboxylic acids is 2. The summed E-state index contributed by atoms with van der Waals surface area (Å²) in [6, 6.07) is 12.4. The molecule has 2 aromatic carbocycles. The van der Waals surface area contributed by atoms with Crippen LogP contribution in [0.4, 0.5) is 24.5 Å². The number of rotatable bonds is 3. The number of nitrogens with zero attached hydrogens (tertiary/aromatic N) is 1. The van der Waals surface area contributed by atoms with Crippen LogP contribution in [0, 0.1) is 0 Å². The Morgan fingerprint density at radius 2 is 1.84 bits per heavy atom. The highest BCUT2D eigenvalue weighted by Gasteiger charge is 2.33. The van der Waals surface area contributed by atoms with Gasteiger partial charge >= 0.3 is 6.18 Å². The van der Waals surface area contributed by atoms with E-state index in [2.05, 4.69) is 5.32 Å². The normalized spacial score (nSPS) is 14.0. The second-order valence-electron chi connectivity index (χ2n) is 5.74. The van der Waals surface area contributed by atoms with Crippen molar-refractivity contribution in [3.63, 3.8) is 0 Å². The van der Waals surface area contributed by atoms with Crippen molar-refractivity contribution < 1.29 is 22.8 Å². The molecule has 0 fully saturated rings. The molecular formula is C18H15F3N2O2. The van der Waals surface area contributed by atoms with Gasteiger partial charge in [-0.3, -0.25) is 9.59 Å². The maximum atomic E-state index is 12.8. The number of hydrogen-bond acceptors (Lipinski definition) is 2. The van der Waals surface area contributed by atoms with Crippen LogP contribution in [0.2, 0.25) is 0 Å². The number of fused-ring (bicyclic) bond motifs is 1. The first-order valence-electron chi connectivity index (χ1n) is 7.70. The maximum Gasteiger partial charge on any atom is 0.416 e. The number of nitrogens with one attached hydrogen (secondary N) is 1. The smallest absolute Gasteiger partial charge is 0.323 e. The molecule has 0 radical (unpaired) electrons. The number of aryl methyl sites for hydroxylation is 1. The third-order valence-corrected chi connectivity index (χ3v) is 3.96. The van der Waals surface area contributed by atoms with Gasteiger partial charge in [-0.05, 0) is 30.2 Å². The average Bonchev–Trinajstić information content (AvgIpc) is 2.58. The van der Waals surface area contributed by atoms with E-state index in [0.29, 0.717) is 6.42 Å². The summed E-state index contributed by atoms with van der Waals surface area (Å²) >= 11 is 0. The highest BCUT2D eigenvalue weighted by Crippen LogP contribution is 2.37. The molecule has 0 aliphatic carbocycles. The van der Waals surface area contributed by atoms with E-state index in [1.807, 2.05) is 30.3 Å². The van der Waals surface area contributed by atoms with Crippen molar-refractivity contribution in [3.8, 4) is 0 Å². The molecule has 130 valence electrons. The molecule has 1 aliphatic rings. The Morgan fingerprint density at radius 3 is 2.52 bits per heavy atom. The lowest BCUT2D eigenvalue weighted by atomic mass is 10.1. The molecule has 0 atom stereocenters. The van der Waals surface area contributed by atoms with Gasteiger partial charge in [-0.25, -0.2) is 0 Å². The fourth-order valence-electron chi connectivity index (χ4n) is 2.72. The zero-order chi connectivity index (χ0) is 18.0. The van der Waals surface area contributed by atoms with E-state index in [1.165, 1.54) is 11.0 Å². The van der Waals surface area contributed by atoms with Crippen molar-refractivity contribution in [2.24, 2.45) is 0 Å². The topological polar surface area (TPSA) is 49.4 Å². The molecule has 1 N–H and O–H groups in total. The SMILES string of the molecule is O=C1CN(C(=O)CCc2ccccc2)c2ccc(C(F)(F)F)cc2N1. The predicted octanol–water partition coefficient (Wildman–Crippen LogP) is 3.62. The van der Waals surface area contributed by atoms with Crippen molar-refractivity contribution in [2.75, 3.05) is 16.8 Å². The summed E-state index contributed by atoms with van der Waals surface area (Å²) in [5.41, 5.74) is 0.389. The van der Waals surface area contributed by atoms with Crippen LogP contribution in [0.25, 0.3) is 0 Å². The Labute approximate surface area is 142 Å². The average molecular weight is 348 g/mol. The van der Waals surface area contributed by atoms with E-state index in [1.54, 1.807) is 0 Å². The monoisotopic (exact) mass is 348 g/mol. The summed E-state index contributed by atoms with van der Waals surface area (Å²) < 4.78 is 38.5. The van der Waals surface area contributed by atoms with Gasteiger partial charge < -0.3 is 10.2 Å². The highest BCUT2D eigenvalue weighted by molar-refractivity contribution is 6.10. The lowest BCUT2D eigenvalue weighted by Gasteiger charge is -2.30. The molecule has 25 heavy (non-hydrogen) atoms. The molecule has 2 aromatic rings. The summed E-state index contributed by atoms with van der Waals surface area (Å²) in [5, 5.41) is 2.40. The van der Waals surface area contributed by atoms with Crippen molar-refractivity contribution in [1.82, 2.24) is 0 Å². The van der Waals surface area contributed by atoms with Gasteiger partial charge in [0.25, 0.3) is 0 Å². The lowest BCUT2D eigenvalue weighted by molar-refractivity contribution is -0.137. The van der Waals surface area contributed by atoms with E-state index in [4.69, 9.17) is 0 Å². The number of anilines is 2. The van der Waals surface area contributed by atoms with Gasteiger partial charge in [0.15, 0.2) is 0 Å². The Bertz CT molecular complexity index is 804. The molecule has 7 heteroatoms. The summed E-state index contributed by atoms with van der Waals surface area (Å²) in [6.07, 6.45) is -3.86. The molecule has 1 aliphatic heterocycles. The lowest BCUT2D eigenvalue weighted by Crippen LogP contribution is -2.42. The van der Waals surface area contributed by atoms with E-state index < -0.39 is 17.6 Å². The standard InChI is InChI=1S/C18H15F3N2O2/c19-18(20,21)13-7-8-15-14(10-13)22-16(24)11-23(15)17(25)9-6-12-4-2-1-3-5-12/h1-5,7-8,10H,6,9,11H2,(H,22,24). The zero-order valence-corrected chi connectivity index (χ0v) is 13.1. The number of alkyl halides is 3. The van der Waals surface area contributed by atoms with Crippen LogP contribution in [0.5, 0.6) is 0 Å². The van der Waals surface area contributed by atoms with Crippen LogP contribution in [0.15, 0.2) is 48.5 Å². The summed E-state index contributed by atoms with van der Waals surface area (Å²) in [7, 11) is 0. The quantitative estimate of drug-likeness (QED) is 0.921. The van der Waals surface area contributed by atoms with Gasteiger partial charge in [-0.1, -0.05) is 30.3 Å². The molecule has 0 spiro atoms. The van der Waals surface area contributed by atoms with Gasteiger partial charge in [-0.15, -0.1) is 0 Å². The number of amides is 2. The molecule has 0 saturated heterocycles. The third kappa shape index (κ3) is 3.81. The minimum absolute atomic E-state index is 0.000800. The van der Waals surface area contributed by atoms with Crippen LogP contribution in [0.3, 0.4) is 0 Å². The van der Waals surface area contributed by atoms with E-state index in [-0.39, 0.29) is 30.2 Å². The summed E-state index contributed by atoms with van der Waals surface area (Å²) in [4.78, 5) is 25.5. The van der Waals surface area contributed by atoms with Gasteiger partial charge in [0.05, 0.1) is 16.9 Å². The minimum Gasteiger partial charge on any atom is -0.323 e. The summed E-state index contributed by atoms with van der Waals surface area (Å²) in [5.74, 6) is -0.820. The van der Waals surface area contributed by atoms with Crippen LogP contribution in [-0.4, -0.2) is 18.4 Å². The third-order valence-electron chi connectivity index (χ3n) is 3.96. The van der Waals surface area contributed by atoms with Crippen molar-refractivity contribution in [3.05, 3.63) is 59.7 Å². The first-order chi connectivity index (χ1) is 11.8. The molecule has 3 rings (SSSR count). The first kappa shape index (κ1) is 17.0. The van der Waals surface area contributed by atoms with Crippen LogP contribution < -0.4 is 10.2 Å². The molecule has 0 saturated carbocycles. The van der Waals surface area contributed by atoms with Gasteiger partial charge in [0, 0.05) is 6.42 Å². The first-order valence-corrected chi connectivity index (χ1v) is 7.70. The zero-order valence-electron chi connectivity index (χ0n) is 13.1. The van der Waals surface area contributed by atoms with Crippen LogP contribution in [-0.2, 0) is 22.2 Å². The van der Waals surface area contributed by atoms with Gasteiger partial charge in [-0.2, -0.15) is 13.2 Å². The highest BCUT2D eigenvalue weighted by atomic mass is 19.4. The second kappa shape index (κ2) is 6.58.